The lowest BCUT2D eigenvalue weighted by atomic mass is 10.1. The highest BCUT2D eigenvalue weighted by atomic mass is 79.9. The molecule has 0 saturated carbocycles. The fraction of sp³-hybridized carbons (Fsp3) is 0.100. The number of hydrogen-bond donors (Lipinski definition) is 0. The summed E-state index contributed by atoms with van der Waals surface area (Å²) in [6.07, 6.45) is 1.65. The smallest absolute Gasteiger partial charge is 0.227 e. The zero-order chi connectivity index (χ0) is 9.26. The van der Waals surface area contributed by atoms with Crippen LogP contribution < -0.4 is 0 Å². The summed E-state index contributed by atoms with van der Waals surface area (Å²) >= 11 is 3.22. The molecular formula is C10H8BrNO. The van der Waals surface area contributed by atoms with Crippen molar-refractivity contribution in [3.05, 3.63) is 40.7 Å². The van der Waals surface area contributed by atoms with Crippen LogP contribution in [0, 0.1) is 6.92 Å². The van der Waals surface area contributed by atoms with Crippen LogP contribution in [0.4, 0.5) is 0 Å². The first-order valence-electron chi connectivity index (χ1n) is 3.95. The molecule has 0 saturated heterocycles. The van der Waals surface area contributed by atoms with Gasteiger partial charge in [-0.25, -0.2) is 4.98 Å². The standard InChI is InChI=1S/C10H8BrNO/c1-7-4-2-3-5-8(7)10-12-6-9(11)13-10/h2-6H,1H3. The average molecular weight is 238 g/mol. The zero-order valence-corrected chi connectivity index (χ0v) is 8.71. The molecule has 2 nitrogen and oxygen atoms in total. The van der Waals surface area contributed by atoms with Crippen LogP contribution in [0.3, 0.4) is 0 Å². The predicted octanol–water partition coefficient (Wildman–Crippen LogP) is 3.41. The molecule has 0 radical (unpaired) electrons. The minimum absolute atomic E-state index is 0.657. The van der Waals surface area contributed by atoms with E-state index in [4.69, 9.17) is 4.42 Å². The van der Waals surface area contributed by atoms with Crippen molar-refractivity contribution in [3.63, 3.8) is 0 Å². The zero-order valence-electron chi connectivity index (χ0n) is 7.12. The minimum Gasteiger partial charge on any atom is -0.429 e. The molecule has 0 atom stereocenters. The molecular weight excluding hydrogens is 230 g/mol. The first kappa shape index (κ1) is 8.51. The van der Waals surface area contributed by atoms with E-state index in [-0.39, 0.29) is 0 Å². The van der Waals surface area contributed by atoms with Gasteiger partial charge in [0.2, 0.25) is 5.89 Å². The normalized spacial score (nSPS) is 10.3. The van der Waals surface area contributed by atoms with Gasteiger partial charge in [0, 0.05) is 5.56 Å². The first-order valence-corrected chi connectivity index (χ1v) is 4.74. The summed E-state index contributed by atoms with van der Waals surface area (Å²) in [6.45, 7) is 2.04. The van der Waals surface area contributed by atoms with E-state index < -0.39 is 0 Å². The molecule has 3 heteroatoms. The second kappa shape index (κ2) is 3.34. The van der Waals surface area contributed by atoms with Gasteiger partial charge < -0.3 is 4.42 Å². The Hall–Kier alpha value is -1.09. The van der Waals surface area contributed by atoms with Crippen molar-refractivity contribution in [2.75, 3.05) is 0 Å². The van der Waals surface area contributed by atoms with E-state index in [9.17, 15) is 0 Å². The van der Waals surface area contributed by atoms with Crippen LogP contribution in [-0.2, 0) is 0 Å². The Labute approximate surface area is 84.7 Å². The summed E-state index contributed by atoms with van der Waals surface area (Å²) < 4.78 is 6.01. The Morgan fingerprint density at radius 2 is 2.08 bits per heavy atom. The number of benzene rings is 1. The van der Waals surface area contributed by atoms with Crippen molar-refractivity contribution in [3.8, 4) is 11.5 Å². The summed E-state index contributed by atoms with van der Waals surface area (Å²) in [5, 5.41) is 0. The monoisotopic (exact) mass is 237 g/mol. The van der Waals surface area contributed by atoms with Crippen LogP contribution in [0.5, 0.6) is 0 Å². The van der Waals surface area contributed by atoms with Crippen molar-refractivity contribution in [2.45, 2.75) is 6.92 Å². The van der Waals surface area contributed by atoms with Gasteiger partial charge in [0.05, 0.1) is 6.20 Å². The SMILES string of the molecule is Cc1ccccc1-c1ncc(Br)o1. The van der Waals surface area contributed by atoms with E-state index in [0.29, 0.717) is 10.6 Å². The van der Waals surface area contributed by atoms with Gasteiger partial charge in [0.1, 0.15) is 0 Å². The van der Waals surface area contributed by atoms with E-state index in [1.807, 2.05) is 31.2 Å². The molecule has 0 aliphatic heterocycles. The summed E-state index contributed by atoms with van der Waals surface area (Å²) in [5.41, 5.74) is 2.20. The van der Waals surface area contributed by atoms with Gasteiger partial charge in [0.25, 0.3) is 0 Å². The third kappa shape index (κ3) is 1.65. The molecule has 0 aliphatic carbocycles. The van der Waals surface area contributed by atoms with Crippen LogP contribution in [0.25, 0.3) is 11.5 Å². The Kier molecular flexibility index (Phi) is 2.19. The third-order valence-corrected chi connectivity index (χ3v) is 2.22. The third-order valence-electron chi connectivity index (χ3n) is 1.85. The molecule has 1 heterocycles. The second-order valence-corrected chi connectivity index (χ2v) is 3.57. The lowest BCUT2D eigenvalue weighted by Crippen LogP contribution is -1.80. The van der Waals surface area contributed by atoms with Crippen LogP contribution in [0.2, 0.25) is 0 Å². The average Bonchev–Trinajstić information content (AvgIpc) is 2.53. The molecule has 2 rings (SSSR count). The molecule has 2 aromatic rings. The maximum atomic E-state index is 5.36. The van der Waals surface area contributed by atoms with Crippen LogP contribution in [0.15, 0.2) is 39.5 Å². The van der Waals surface area contributed by atoms with E-state index in [1.54, 1.807) is 6.20 Å². The van der Waals surface area contributed by atoms with E-state index in [0.717, 1.165) is 11.1 Å². The maximum Gasteiger partial charge on any atom is 0.227 e. The van der Waals surface area contributed by atoms with Gasteiger partial charge >= 0.3 is 0 Å². The van der Waals surface area contributed by atoms with Gasteiger partial charge in [0.15, 0.2) is 4.67 Å². The number of aryl methyl sites for hydroxylation is 1. The van der Waals surface area contributed by atoms with Gasteiger partial charge in [-0.15, -0.1) is 0 Å². The highest BCUT2D eigenvalue weighted by molar-refractivity contribution is 9.10. The fourth-order valence-electron chi connectivity index (χ4n) is 1.19. The van der Waals surface area contributed by atoms with Crippen LogP contribution in [-0.4, -0.2) is 4.98 Å². The lowest BCUT2D eigenvalue weighted by molar-refractivity contribution is 0.549. The summed E-state index contributed by atoms with van der Waals surface area (Å²) in [6, 6.07) is 8.00. The van der Waals surface area contributed by atoms with Crippen molar-refractivity contribution in [1.82, 2.24) is 4.98 Å². The van der Waals surface area contributed by atoms with Gasteiger partial charge in [-0.05, 0) is 34.5 Å². The number of halogens is 1. The molecule has 13 heavy (non-hydrogen) atoms. The van der Waals surface area contributed by atoms with Crippen LogP contribution in [0.1, 0.15) is 5.56 Å². The molecule has 0 spiro atoms. The molecule has 0 bridgehead atoms. The van der Waals surface area contributed by atoms with Gasteiger partial charge in [-0.2, -0.15) is 0 Å². The van der Waals surface area contributed by atoms with Crippen molar-refractivity contribution < 1.29 is 4.42 Å². The molecule has 0 aliphatic rings. The number of nitrogens with zero attached hydrogens (tertiary/aromatic N) is 1. The summed E-state index contributed by atoms with van der Waals surface area (Å²) in [4.78, 5) is 4.13. The second-order valence-electron chi connectivity index (χ2n) is 2.78. The van der Waals surface area contributed by atoms with Crippen molar-refractivity contribution in [2.24, 2.45) is 0 Å². The van der Waals surface area contributed by atoms with Crippen LogP contribution >= 0.6 is 15.9 Å². The molecule has 0 N–H and O–H groups in total. The fourth-order valence-corrected chi connectivity index (χ4v) is 1.45. The molecule has 0 fully saturated rings. The Balaban J connectivity index is 2.52. The first-order chi connectivity index (χ1) is 6.27. The maximum absolute atomic E-state index is 5.36. The van der Waals surface area contributed by atoms with E-state index in [2.05, 4.69) is 20.9 Å². The number of rotatable bonds is 1. The highest BCUT2D eigenvalue weighted by Crippen LogP contribution is 2.24. The molecule has 1 aromatic heterocycles. The Morgan fingerprint density at radius 3 is 2.69 bits per heavy atom. The largest absolute Gasteiger partial charge is 0.429 e. The Morgan fingerprint density at radius 1 is 1.31 bits per heavy atom. The predicted molar refractivity (Wildman–Crippen MR) is 54.4 cm³/mol. The Bertz CT molecular complexity index is 422. The molecule has 1 aromatic carbocycles. The van der Waals surface area contributed by atoms with Crippen molar-refractivity contribution in [1.29, 1.82) is 0 Å². The molecule has 0 amide bonds. The molecule has 66 valence electrons. The van der Waals surface area contributed by atoms with Gasteiger partial charge in [-0.3, -0.25) is 0 Å². The summed E-state index contributed by atoms with van der Waals surface area (Å²) in [5.74, 6) is 0.657. The molecule has 0 unspecified atom stereocenters. The van der Waals surface area contributed by atoms with E-state index in [1.165, 1.54) is 0 Å². The topological polar surface area (TPSA) is 26.0 Å². The summed E-state index contributed by atoms with van der Waals surface area (Å²) in [7, 11) is 0. The van der Waals surface area contributed by atoms with E-state index >= 15 is 0 Å². The highest BCUT2D eigenvalue weighted by Gasteiger charge is 2.06. The van der Waals surface area contributed by atoms with Crippen molar-refractivity contribution >= 4 is 15.9 Å². The number of hydrogen-bond acceptors (Lipinski definition) is 2. The quantitative estimate of drug-likeness (QED) is 0.760. The lowest BCUT2D eigenvalue weighted by Gasteiger charge is -1.98. The minimum atomic E-state index is 0.657. The van der Waals surface area contributed by atoms with Gasteiger partial charge in [-0.1, -0.05) is 18.2 Å². The number of aromatic nitrogens is 1. The number of oxazole rings is 1.